The molecule has 1 fully saturated rings. The van der Waals surface area contributed by atoms with Crippen LogP contribution in [0.25, 0.3) is 0 Å². The van der Waals surface area contributed by atoms with E-state index in [9.17, 15) is 0 Å². The molecule has 0 radical (unpaired) electrons. The quantitative estimate of drug-likeness (QED) is 0.483. The van der Waals surface area contributed by atoms with Gasteiger partial charge >= 0.3 is 0 Å². The third-order valence-electron chi connectivity index (χ3n) is 2.61. The molecule has 0 aromatic heterocycles. The average molecular weight is 188 g/mol. The molecule has 0 spiro atoms. The zero-order valence-corrected chi connectivity index (χ0v) is 8.61. The summed E-state index contributed by atoms with van der Waals surface area (Å²) in [7, 11) is 2.17. The highest BCUT2D eigenvalue weighted by molar-refractivity contribution is 6.19. The van der Waals surface area contributed by atoms with Gasteiger partial charge in [-0.2, -0.15) is 0 Å². The lowest BCUT2D eigenvalue weighted by atomic mass is 10.2. The lowest BCUT2D eigenvalue weighted by Crippen LogP contribution is -2.31. The largest absolute Gasteiger partial charge is 0.299 e. The molecule has 0 amide bonds. The third-order valence-corrected chi connectivity index (χ3v) is 2.99. The molecule has 0 aromatic rings. The molecule has 1 aliphatic carbocycles. The summed E-state index contributed by atoms with van der Waals surface area (Å²) in [6.07, 6.45) is 5.49. The molecular weight excluding hydrogens is 170 g/mol. The average Bonchev–Trinajstić information content (AvgIpc) is 2.56. The molecule has 2 heteroatoms. The number of nitrogens with zero attached hydrogens (tertiary/aromatic N) is 1. The molecule has 0 unspecified atom stereocenters. The zero-order valence-electron chi connectivity index (χ0n) is 7.85. The van der Waals surface area contributed by atoms with Crippen LogP contribution >= 0.6 is 11.6 Å². The maximum absolute atomic E-state index is 5.68. The highest BCUT2D eigenvalue weighted by Gasteiger charge is 2.19. The summed E-state index contributed by atoms with van der Waals surface area (Å²) in [6.45, 7) is 4.88. The highest BCUT2D eigenvalue weighted by atomic mass is 35.5. The molecule has 0 aromatic carbocycles. The van der Waals surface area contributed by atoms with Gasteiger partial charge < -0.3 is 0 Å². The molecule has 70 valence electrons. The second-order valence-electron chi connectivity index (χ2n) is 3.74. The fourth-order valence-corrected chi connectivity index (χ4v) is 1.95. The summed E-state index contributed by atoms with van der Waals surface area (Å²) < 4.78 is 0. The summed E-state index contributed by atoms with van der Waals surface area (Å²) in [5.74, 6) is 0.594. The van der Waals surface area contributed by atoms with Crippen molar-refractivity contribution in [2.24, 2.45) is 0 Å². The Bertz CT molecular complexity index is 150. The van der Waals surface area contributed by atoms with E-state index in [2.05, 4.69) is 18.5 Å². The minimum Gasteiger partial charge on any atom is -0.299 e. The van der Waals surface area contributed by atoms with E-state index in [1.54, 1.807) is 0 Å². The van der Waals surface area contributed by atoms with Crippen molar-refractivity contribution >= 4 is 11.6 Å². The zero-order chi connectivity index (χ0) is 8.97. The molecule has 0 atom stereocenters. The van der Waals surface area contributed by atoms with Crippen LogP contribution in [0, 0.1) is 0 Å². The van der Waals surface area contributed by atoms with Crippen molar-refractivity contribution in [3.63, 3.8) is 0 Å². The van der Waals surface area contributed by atoms with E-state index in [0.717, 1.165) is 18.2 Å². The Morgan fingerprint density at radius 2 is 2.08 bits per heavy atom. The van der Waals surface area contributed by atoms with Crippen molar-refractivity contribution in [1.29, 1.82) is 0 Å². The number of alkyl halides is 1. The molecule has 1 rings (SSSR count). The van der Waals surface area contributed by atoms with Crippen molar-refractivity contribution in [3.05, 3.63) is 12.2 Å². The molecule has 0 N–H and O–H groups in total. The number of hydrogen-bond donors (Lipinski definition) is 0. The molecule has 0 saturated heterocycles. The molecule has 12 heavy (non-hydrogen) atoms. The predicted octanol–water partition coefficient (Wildman–Crippen LogP) is 2.66. The molecule has 0 aliphatic heterocycles. The van der Waals surface area contributed by atoms with Crippen molar-refractivity contribution in [2.75, 3.05) is 19.5 Å². The second-order valence-corrected chi connectivity index (χ2v) is 4.00. The lowest BCUT2D eigenvalue weighted by Gasteiger charge is -2.24. The minimum absolute atomic E-state index is 0.594. The molecule has 1 saturated carbocycles. The third kappa shape index (κ3) is 2.80. The Balaban J connectivity index is 2.26. The van der Waals surface area contributed by atoms with Crippen LogP contribution in [-0.4, -0.2) is 30.4 Å². The second kappa shape index (κ2) is 4.88. The molecule has 0 bridgehead atoms. The SMILES string of the molecule is C=C(CCl)CN(C)C1CCCC1. The fraction of sp³-hybridized carbons (Fsp3) is 0.800. The maximum atomic E-state index is 5.68. The summed E-state index contributed by atoms with van der Waals surface area (Å²) in [6, 6.07) is 0.782. The van der Waals surface area contributed by atoms with E-state index in [0.29, 0.717) is 5.88 Å². The Morgan fingerprint density at radius 1 is 1.50 bits per heavy atom. The monoisotopic (exact) mass is 187 g/mol. The van der Waals surface area contributed by atoms with Gasteiger partial charge in [-0.3, -0.25) is 4.90 Å². The van der Waals surface area contributed by atoms with Gasteiger partial charge in [-0.15, -0.1) is 11.6 Å². The lowest BCUT2D eigenvalue weighted by molar-refractivity contribution is 0.266. The van der Waals surface area contributed by atoms with Crippen LogP contribution in [0.3, 0.4) is 0 Å². The molecule has 0 heterocycles. The first kappa shape index (κ1) is 10.1. The Kier molecular flexibility index (Phi) is 4.10. The number of halogens is 1. The molecule has 1 nitrogen and oxygen atoms in total. The Labute approximate surface area is 80.4 Å². The van der Waals surface area contributed by atoms with Gasteiger partial charge in [-0.05, 0) is 25.5 Å². The number of rotatable bonds is 4. The van der Waals surface area contributed by atoms with Crippen LogP contribution in [0.2, 0.25) is 0 Å². The molecule has 1 aliphatic rings. The van der Waals surface area contributed by atoms with Gasteiger partial charge in [0.25, 0.3) is 0 Å². The van der Waals surface area contributed by atoms with Crippen molar-refractivity contribution in [1.82, 2.24) is 4.90 Å². The van der Waals surface area contributed by atoms with Gasteiger partial charge in [0.05, 0.1) is 0 Å². The standard InChI is InChI=1S/C10H18ClN/c1-9(7-11)8-12(2)10-5-3-4-6-10/h10H,1,3-8H2,2H3. The summed E-state index contributed by atoms with van der Waals surface area (Å²) in [5, 5.41) is 0. The first-order valence-corrected chi connectivity index (χ1v) is 5.20. The Morgan fingerprint density at radius 3 is 2.58 bits per heavy atom. The van der Waals surface area contributed by atoms with Gasteiger partial charge in [0.2, 0.25) is 0 Å². The van der Waals surface area contributed by atoms with Crippen LogP contribution in [0.1, 0.15) is 25.7 Å². The van der Waals surface area contributed by atoms with Gasteiger partial charge in [0.1, 0.15) is 0 Å². The first-order valence-electron chi connectivity index (χ1n) is 4.67. The Hall–Kier alpha value is -0.0100. The van der Waals surface area contributed by atoms with Crippen LogP contribution < -0.4 is 0 Å². The van der Waals surface area contributed by atoms with Crippen molar-refractivity contribution < 1.29 is 0 Å². The van der Waals surface area contributed by atoms with Crippen molar-refractivity contribution in [2.45, 2.75) is 31.7 Å². The van der Waals surface area contributed by atoms with Crippen LogP contribution in [-0.2, 0) is 0 Å². The van der Waals surface area contributed by atoms with Gasteiger partial charge in [0.15, 0.2) is 0 Å². The van der Waals surface area contributed by atoms with Crippen LogP contribution in [0.5, 0.6) is 0 Å². The summed E-state index contributed by atoms with van der Waals surface area (Å²) in [5.41, 5.74) is 1.13. The topological polar surface area (TPSA) is 3.24 Å². The van der Waals surface area contributed by atoms with E-state index >= 15 is 0 Å². The van der Waals surface area contributed by atoms with Gasteiger partial charge in [-0.1, -0.05) is 19.4 Å². The van der Waals surface area contributed by atoms with E-state index < -0.39 is 0 Å². The summed E-state index contributed by atoms with van der Waals surface area (Å²) >= 11 is 5.68. The predicted molar refractivity (Wildman–Crippen MR) is 54.7 cm³/mol. The van der Waals surface area contributed by atoms with E-state index in [4.69, 9.17) is 11.6 Å². The van der Waals surface area contributed by atoms with Gasteiger partial charge in [-0.25, -0.2) is 0 Å². The first-order chi connectivity index (χ1) is 5.74. The van der Waals surface area contributed by atoms with Crippen LogP contribution in [0.4, 0.5) is 0 Å². The van der Waals surface area contributed by atoms with E-state index in [1.165, 1.54) is 25.7 Å². The maximum Gasteiger partial charge on any atom is 0.0443 e. The minimum atomic E-state index is 0.594. The van der Waals surface area contributed by atoms with Crippen molar-refractivity contribution in [3.8, 4) is 0 Å². The van der Waals surface area contributed by atoms with Crippen LogP contribution in [0.15, 0.2) is 12.2 Å². The molecular formula is C10H18ClN. The highest BCUT2D eigenvalue weighted by Crippen LogP contribution is 2.22. The number of likely N-dealkylation sites (N-methyl/N-ethyl adjacent to an activating group) is 1. The fourth-order valence-electron chi connectivity index (χ4n) is 1.87. The van der Waals surface area contributed by atoms with E-state index in [-0.39, 0.29) is 0 Å². The van der Waals surface area contributed by atoms with E-state index in [1.807, 2.05) is 0 Å². The summed E-state index contributed by atoms with van der Waals surface area (Å²) in [4.78, 5) is 2.39. The van der Waals surface area contributed by atoms with Gasteiger partial charge in [0, 0.05) is 18.5 Å². The normalized spacial score (nSPS) is 18.9. The number of hydrogen-bond acceptors (Lipinski definition) is 1. The smallest absolute Gasteiger partial charge is 0.0443 e.